The third kappa shape index (κ3) is 18.4. The van der Waals surface area contributed by atoms with Gasteiger partial charge in [0.15, 0.2) is 30.9 Å². The minimum absolute atomic E-state index is 0.0460. The Morgan fingerprint density at radius 3 is 2.06 bits per heavy atom. The SMILES string of the molecule is CO[C@@H]1[C@@H](O[C@@H]2O[C@H](C)[C@@H](O[C@H]3C[C@@](C)(O)[C@@H](OC(=O)CC(C)C)[C@H](C)O3)[C@H](N(C)C)[C@H]2O)[C@@H](CC=O)C[C@@H](C)[C@@H](O)/C=C/C=C/C[C@@H](C)OC(=O)C[C@H]1OC(C)=O.O=C(O)[C@H](O)[C@@H](O)C(=O)O. The van der Waals surface area contributed by atoms with Gasteiger partial charge in [0.25, 0.3) is 0 Å². The molecule has 68 heavy (non-hydrogen) atoms. The van der Waals surface area contributed by atoms with Crippen LogP contribution in [0.4, 0.5) is 0 Å². The summed E-state index contributed by atoms with van der Waals surface area (Å²) in [6.45, 7) is 13.5. The Morgan fingerprint density at radius 2 is 1.54 bits per heavy atom. The predicted octanol–water partition coefficient (Wildman–Crippen LogP) is 0.891. The molecule has 0 spiro atoms. The first kappa shape index (κ1) is 60.2. The topological polar surface area (TPSA) is 321 Å². The molecule has 3 aliphatic heterocycles. The molecule has 390 valence electrons. The van der Waals surface area contributed by atoms with Crippen molar-refractivity contribution in [1.82, 2.24) is 4.90 Å². The summed E-state index contributed by atoms with van der Waals surface area (Å²) >= 11 is 0. The highest BCUT2D eigenvalue weighted by Gasteiger charge is 2.53. The fourth-order valence-electron chi connectivity index (χ4n) is 8.35. The first-order valence-electron chi connectivity index (χ1n) is 22.7. The van der Waals surface area contributed by atoms with Crippen molar-refractivity contribution in [3.8, 4) is 0 Å². The van der Waals surface area contributed by atoms with E-state index in [-0.39, 0.29) is 31.6 Å². The maximum atomic E-state index is 13.2. The molecule has 0 amide bonds. The molecule has 0 aliphatic carbocycles. The second kappa shape index (κ2) is 28.0. The van der Waals surface area contributed by atoms with Gasteiger partial charge in [-0.3, -0.25) is 14.4 Å². The molecule has 0 radical (unpaired) electrons. The van der Waals surface area contributed by atoms with Crippen molar-refractivity contribution in [1.29, 1.82) is 0 Å². The first-order chi connectivity index (χ1) is 31.6. The smallest absolute Gasteiger partial charge is 0.335 e. The molecule has 18 atom stereocenters. The summed E-state index contributed by atoms with van der Waals surface area (Å²) in [6.07, 6.45) is -8.64. The molecule has 2 saturated heterocycles. The van der Waals surface area contributed by atoms with Gasteiger partial charge in [0, 0.05) is 39.7 Å². The lowest BCUT2D eigenvalue weighted by Crippen LogP contribution is -2.66. The highest BCUT2D eigenvalue weighted by atomic mass is 16.7. The molecule has 3 heterocycles. The highest BCUT2D eigenvalue weighted by molar-refractivity contribution is 5.83. The van der Waals surface area contributed by atoms with Gasteiger partial charge in [-0.1, -0.05) is 45.1 Å². The van der Waals surface area contributed by atoms with Crippen LogP contribution in [0.2, 0.25) is 0 Å². The van der Waals surface area contributed by atoms with E-state index in [0.717, 1.165) is 0 Å². The maximum Gasteiger partial charge on any atom is 0.335 e. The second-order valence-electron chi connectivity index (χ2n) is 18.5. The lowest BCUT2D eigenvalue weighted by Gasteiger charge is -2.50. The zero-order valence-electron chi connectivity index (χ0n) is 40.8. The van der Waals surface area contributed by atoms with Gasteiger partial charge in [-0.15, -0.1) is 0 Å². The molecule has 3 rings (SSSR count). The fraction of sp³-hybridized carbons (Fsp3) is 0.783. The Labute approximate surface area is 397 Å². The zero-order valence-corrected chi connectivity index (χ0v) is 40.8. The van der Waals surface area contributed by atoms with Crippen molar-refractivity contribution < 1.29 is 102 Å². The summed E-state index contributed by atoms with van der Waals surface area (Å²) in [7, 11) is 4.86. The molecule has 3 aliphatic rings. The van der Waals surface area contributed by atoms with Crippen LogP contribution in [0.1, 0.15) is 93.9 Å². The standard InChI is InChI=1S/C42H69NO15.C4H6O6/c1-23(2)19-32(47)56-40-27(6)53-34(22-42(40,8)50)57-37-26(5)54-41(36(49)35(37)43(9)10)58-38-29(17-18-44)20-24(3)30(46)16-14-12-13-15-25(4)52-33(48)21-31(39(38)51-11)55-28(7)45;5-1(3(7)8)2(6)4(9)10/h12-14,16,18,23-27,29-31,34-41,46,49-50H,15,17,19-22H2,1-11H3;1-2,5-6H,(H,7,8)(H,9,10)/b13-12+,16-14+;/t24-,25-,26-,27+,29+,30+,31-,34+,35-,36-,37-,38+,39+,40+,41+,42-;1-,2-/m11/s1. The number of aliphatic hydroxyl groups excluding tert-OH is 4. The summed E-state index contributed by atoms with van der Waals surface area (Å²) in [5, 5.41) is 67.1. The highest BCUT2D eigenvalue weighted by Crippen LogP contribution is 2.38. The minimum atomic E-state index is -2.27. The Balaban J connectivity index is 0.00000142. The largest absolute Gasteiger partial charge is 0.479 e. The lowest BCUT2D eigenvalue weighted by molar-refractivity contribution is -0.344. The van der Waals surface area contributed by atoms with E-state index < -0.39 is 146 Å². The molecule has 22 nitrogen and oxygen atoms in total. The number of methoxy groups -OCH3 is 1. The van der Waals surface area contributed by atoms with Crippen LogP contribution < -0.4 is 0 Å². The van der Waals surface area contributed by atoms with Gasteiger partial charge < -0.3 is 83.3 Å². The average Bonchev–Trinajstić information content (AvgIpc) is 3.21. The number of carbonyl (C=O) groups is 6. The average molecular weight is 978 g/mol. The summed E-state index contributed by atoms with van der Waals surface area (Å²) in [4.78, 5) is 71.8. The molecule has 0 unspecified atom stereocenters. The number of carboxylic acids is 2. The molecule has 0 aromatic rings. The number of nitrogens with zero attached hydrogens (tertiary/aromatic N) is 1. The molecule has 7 N–H and O–H groups in total. The number of aliphatic carboxylic acids is 2. The van der Waals surface area contributed by atoms with E-state index in [9.17, 15) is 44.1 Å². The van der Waals surface area contributed by atoms with Crippen LogP contribution in [0.25, 0.3) is 0 Å². The van der Waals surface area contributed by atoms with E-state index in [1.165, 1.54) is 14.0 Å². The van der Waals surface area contributed by atoms with Gasteiger partial charge >= 0.3 is 29.8 Å². The van der Waals surface area contributed by atoms with Gasteiger partial charge in [-0.2, -0.15) is 0 Å². The molecule has 0 bridgehead atoms. The summed E-state index contributed by atoms with van der Waals surface area (Å²) in [6, 6.07) is -0.782. The summed E-state index contributed by atoms with van der Waals surface area (Å²) in [5.74, 6) is -6.36. The van der Waals surface area contributed by atoms with Crippen LogP contribution in [0.5, 0.6) is 0 Å². The van der Waals surface area contributed by atoms with Crippen LogP contribution in [0.3, 0.4) is 0 Å². The third-order valence-corrected chi connectivity index (χ3v) is 11.7. The molecule has 0 aromatic heterocycles. The van der Waals surface area contributed by atoms with Gasteiger partial charge in [-0.25, -0.2) is 9.59 Å². The van der Waals surface area contributed by atoms with Crippen molar-refractivity contribution in [3.63, 3.8) is 0 Å². The normalized spacial score (nSPS) is 37.0. The maximum absolute atomic E-state index is 13.2. The lowest BCUT2D eigenvalue weighted by atomic mass is 9.82. The Bertz CT molecular complexity index is 1670. The number of carboxylic acid groups (broad SMARTS) is 2. The van der Waals surface area contributed by atoms with E-state index in [2.05, 4.69) is 0 Å². The van der Waals surface area contributed by atoms with Gasteiger partial charge in [-0.05, 0) is 66.0 Å². The van der Waals surface area contributed by atoms with E-state index in [1.807, 2.05) is 20.8 Å². The zero-order chi connectivity index (χ0) is 51.8. The molecular weight excluding hydrogens is 902 g/mol. The quantitative estimate of drug-likeness (QED) is 0.0681. The minimum Gasteiger partial charge on any atom is -0.479 e. The van der Waals surface area contributed by atoms with Crippen molar-refractivity contribution in [3.05, 3.63) is 24.3 Å². The third-order valence-electron chi connectivity index (χ3n) is 11.7. The number of rotatable bonds is 15. The number of hydrogen-bond acceptors (Lipinski definition) is 20. The number of aliphatic hydroxyl groups is 5. The number of ether oxygens (including phenoxy) is 8. The predicted molar refractivity (Wildman–Crippen MR) is 237 cm³/mol. The number of cyclic esters (lactones) is 1. The van der Waals surface area contributed by atoms with Gasteiger partial charge in [0.1, 0.15) is 42.4 Å². The molecule has 0 saturated carbocycles. The van der Waals surface area contributed by atoms with Crippen molar-refractivity contribution in [2.75, 3.05) is 21.2 Å². The number of esters is 3. The number of aldehydes is 1. The number of hydrogen-bond donors (Lipinski definition) is 7. The molecule has 22 heteroatoms. The molecular formula is C46H75NO21. The number of allylic oxidation sites excluding steroid dienone is 2. The van der Waals surface area contributed by atoms with E-state index in [1.54, 1.807) is 71.0 Å². The number of carbonyl (C=O) groups excluding carboxylic acids is 4. The number of likely N-dealkylation sites (N-methyl/N-ethyl adjacent to an activating group) is 1. The van der Waals surface area contributed by atoms with Crippen LogP contribution in [0, 0.1) is 17.8 Å². The van der Waals surface area contributed by atoms with Gasteiger partial charge in [0.05, 0.1) is 36.9 Å². The Kier molecular flexibility index (Phi) is 24.8. The van der Waals surface area contributed by atoms with E-state index in [0.29, 0.717) is 12.7 Å². The van der Waals surface area contributed by atoms with E-state index in [4.69, 9.17) is 58.3 Å². The van der Waals surface area contributed by atoms with Crippen LogP contribution in [-0.4, -0.2) is 195 Å². The van der Waals surface area contributed by atoms with Crippen LogP contribution in [-0.2, 0) is 66.7 Å². The fourth-order valence-corrected chi connectivity index (χ4v) is 8.35. The Hall–Kier alpha value is -3.94. The van der Waals surface area contributed by atoms with Crippen LogP contribution >= 0.6 is 0 Å². The van der Waals surface area contributed by atoms with Crippen molar-refractivity contribution in [2.45, 2.75) is 191 Å². The molecule has 0 aromatic carbocycles. The second-order valence-corrected chi connectivity index (χ2v) is 18.5. The summed E-state index contributed by atoms with van der Waals surface area (Å²) < 4.78 is 48.6. The monoisotopic (exact) mass is 977 g/mol. The van der Waals surface area contributed by atoms with E-state index >= 15 is 0 Å². The van der Waals surface area contributed by atoms with Gasteiger partial charge in [0.2, 0.25) is 0 Å². The van der Waals surface area contributed by atoms with Crippen molar-refractivity contribution >= 4 is 36.1 Å². The van der Waals surface area contributed by atoms with Crippen LogP contribution in [0.15, 0.2) is 24.3 Å². The first-order valence-corrected chi connectivity index (χ1v) is 22.7. The summed E-state index contributed by atoms with van der Waals surface area (Å²) in [5.41, 5.74) is -1.50. The Morgan fingerprint density at radius 1 is 0.926 bits per heavy atom. The van der Waals surface area contributed by atoms with Crippen molar-refractivity contribution in [2.24, 2.45) is 17.8 Å². The molecule has 2 fully saturated rings.